The van der Waals surface area contributed by atoms with Gasteiger partial charge in [0.05, 0.1) is 11.7 Å². The molecule has 1 fully saturated rings. The summed E-state index contributed by atoms with van der Waals surface area (Å²) in [5, 5.41) is 3.46. The SMILES string of the molecule is Cc1ccc(NC(=O)[C@@H]2CCCN(S(=O)(=O)CCCc3ccccc3)C2)cc1Cl. The van der Waals surface area contributed by atoms with Crippen molar-refractivity contribution in [3.63, 3.8) is 0 Å². The number of aryl methyl sites for hydroxylation is 2. The molecule has 1 N–H and O–H groups in total. The van der Waals surface area contributed by atoms with Gasteiger partial charge in [-0.05, 0) is 55.9 Å². The van der Waals surface area contributed by atoms with Crippen LogP contribution in [0.3, 0.4) is 0 Å². The van der Waals surface area contributed by atoms with Crippen LogP contribution in [-0.4, -0.2) is 37.5 Å². The minimum Gasteiger partial charge on any atom is -0.326 e. The molecule has 1 saturated heterocycles. The highest BCUT2D eigenvalue weighted by Crippen LogP contribution is 2.24. The molecule has 0 aliphatic carbocycles. The number of benzene rings is 2. The lowest BCUT2D eigenvalue weighted by Gasteiger charge is -2.31. The van der Waals surface area contributed by atoms with E-state index in [0.29, 0.717) is 36.5 Å². The quantitative estimate of drug-likeness (QED) is 0.707. The number of halogens is 1. The van der Waals surface area contributed by atoms with E-state index in [1.165, 1.54) is 4.31 Å². The van der Waals surface area contributed by atoms with E-state index in [4.69, 9.17) is 11.6 Å². The van der Waals surface area contributed by atoms with Crippen LogP contribution in [0.25, 0.3) is 0 Å². The Labute approximate surface area is 178 Å². The van der Waals surface area contributed by atoms with Crippen molar-refractivity contribution in [1.82, 2.24) is 4.31 Å². The van der Waals surface area contributed by atoms with Crippen LogP contribution in [-0.2, 0) is 21.2 Å². The fraction of sp³-hybridized carbons (Fsp3) is 0.409. The summed E-state index contributed by atoms with van der Waals surface area (Å²) in [7, 11) is -3.37. The number of carbonyl (C=O) groups excluding carboxylic acids is 1. The number of anilines is 1. The molecule has 2 aromatic carbocycles. The molecule has 0 bridgehead atoms. The Hall–Kier alpha value is -1.89. The van der Waals surface area contributed by atoms with Crippen molar-refractivity contribution in [2.45, 2.75) is 32.6 Å². The van der Waals surface area contributed by atoms with E-state index in [-0.39, 0.29) is 24.1 Å². The summed E-state index contributed by atoms with van der Waals surface area (Å²) >= 11 is 6.12. The number of hydrogen-bond acceptors (Lipinski definition) is 3. The van der Waals surface area contributed by atoms with Gasteiger partial charge in [-0.1, -0.05) is 48.0 Å². The maximum atomic E-state index is 12.8. The summed E-state index contributed by atoms with van der Waals surface area (Å²) in [6, 6.07) is 15.2. The predicted molar refractivity (Wildman–Crippen MR) is 118 cm³/mol. The molecule has 1 aliphatic heterocycles. The lowest BCUT2D eigenvalue weighted by molar-refractivity contribution is -0.120. The number of carbonyl (C=O) groups is 1. The summed E-state index contributed by atoms with van der Waals surface area (Å²) in [6.07, 6.45) is 2.67. The van der Waals surface area contributed by atoms with Gasteiger partial charge in [0.25, 0.3) is 0 Å². The second kappa shape index (κ2) is 9.74. The zero-order valence-electron chi connectivity index (χ0n) is 16.6. The van der Waals surface area contributed by atoms with Gasteiger partial charge in [0.2, 0.25) is 15.9 Å². The largest absolute Gasteiger partial charge is 0.326 e. The second-order valence-corrected chi connectivity index (χ2v) is 10.1. The fourth-order valence-electron chi connectivity index (χ4n) is 3.56. The molecule has 29 heavy (non-hydrogen) atoms. The van der Waals surface area contributed by atoms with E-state index in [9.17, 15) is 13.2 Å². The Bertz CT molecular complexity index is 948. The maximum Gasteiger partial charge on any atom is 0.228 e. The number of piperidine rings is 1. The number of hydrogen-bond donors (Lipinski definition) is 1. The summed E-state index contributed by atoms with van der Waals surface area (Å²) in [5.41, 5.74) is 2.71. The van der Waals surface area contributed by atoms with Gasteiger partial charge in [0.15, 0.2) is 0 Å². The van der Waals surface area contributed by atoms with Gasteiger partial charge in [-0.25, -0.2) is 12.7 Å². The van der Waals surface area contributed by atoms with Gasteiger partial charge in [0.1, 0.15) is 0 Å². The molecule has 5 nitrogen and oxygen atoms in total. The van der Waals surface area contributed by atoms with Crippen LogP contribution in [0.2, 0.25) is 5.02 Å². The van der Waals surface area contributed by atoms with Crippen molar-refractivity contribution in [1.29, 1.82) is 0 Å². The standard InChI is InChI=1S/C22H27ClN2O3S/c1-17-11-12-20(15-21(17)23)24-22(26)19-10-5-13-25(16-19)29(27,28)14-6-9-18-7-3-2-4-8-18/h2-4,7-8,11-12,15,19H,5-6,9-10,13-14,16H2,1H3,(H,24,26)/t19-/m1/s1. The molecule has 1 heterocycles. The number of nitrogens with one attached hydrogen (secondary N) is 1. The molecule has 0 aromatic heterocycles. The molecule has 7 heteroatoms. The van der Waals surface area contributed by atoms with E-state index < -0.39 is 10.0 Å². The highest BCUT2D eigenvalue weighted by molar-refractivity contribution is 7.89. The predicted octanol–water partition coefficient (Wildman–Crippen LogP) is 4.26. The van der Waals surface area contributed by atoms with Crippen LogP contribution in [0.1, 0.15) is 30.4 Å². The molecule has 1 atom stereocenters. The zero-order chi connectivity index (χ0) is 20.9. The summed E-state index contributed by atoms with van der Waals surface area (Å²) in [6.45, 7) is 2.61. The van der Waals surface area contributed by atoms with Crippen molar-refractivity contribution >= 4 is 33.2 Å². The van der Waals surface area contributed by atoms with Crippen LogP contribution >= 0.6 is 11.6 Å². The molecule has 1 aliphatic rings. The van der Waals surface area contributed by atoms with E-state index in [1.807, 2.05) is 43.3 Å². The second-order valence-electron chi connectivity index (χ2n) is 7.56. The van der Waals surface area contributed by atoms with Gasteiger partial charge in [-0.15, -0.1) is 0 Å². The van der Waals surface area contributed by atoms with E-state index in [1.54, 1.807) is 12.1 Å². The van der Waals surface area contributed by atoms with E-state index in [2.05, 4.69) is 5.32 Å². The van der Waals surface area contributed by atoms with E-state index >= 15 is 0 Å². The zero-order valence-corrected chi connectivity index (χ0v) is 18.2. The van der Waals surface area contributed by atoms with Crippen LogP contribution < -0.4 is 5.32 Å². The number of rotatable bonds is 7. The van der Waals surface area contributed by atoms with Crippen molar-refractivity contribution < 1.29 is 13.2 Å². The molecule has 1 amide bonds. The first-order valence-corrected chi connectivity index (χ1v) is 11.9. The number of sulfonamides is 1. The normalized spacial score (nSPS) is 17.8. The van der Waals surface area contributed by atoms with Crippen LogP contribution in [0.15, 0.2) is 48.5 Å². The number of nitrogens with zero attached hydrogens (tertiary/aromatic N) is 1. The van der Waals surface area contributed by atoms with Crippen LogP contribution in [0.4, 0.5) is 5.69 Å². The van der Waals surface area contributed by atoms with Crippen molar-refractivity contribution in [2.75, 3.05) is 24.2 Å². The summed E-state index contributed by atoms with van der Waals surface area (Å²) in [5.74, 6) is -0.411. The Morgan fingerprint density at radius 1 is 1.21 bits per heavy atom. The first-order chi connectivity index (χ1) is 13.8. The lowest BCUT2D eigenvalue weighted by Crippen LogP contribution is -2.44. The monoisotopic (exact) mass is 434 g/mol. The van der Waals surface area contributed by atoms with Gasteiger partial charge < -0.3 is 5.32 Å². The van der Waals surface area contributed by atoms with Crippen molar-refractivity contribution in [3.05, 3.63) is 64.7 Å². The molecule has 0 unspecified atom stereocenters. The molecule has 0 radical (unpaired) electrons. The minimum atomic E-state index is -3.37. The van der Waals surface area contributed by atoms with Crippen LogP contribution in [0.5, 0.6) is 0 Å². The molecule has 156 valence electrons. The van der Waals surface area contributed by atoms with Gasteiger partial charge >= 0.3 is 0 Å². The average Bonchev–Trinajstić information content (AvgIpc) is 2.71. The van der Waals surface area contributed by atoms with Gasteiger partial charge in [0, 0.05) is 23.8 Å². The smallest absolute Gasteiger partial charge is 0.228 e. The molecule has 2 aromatic rings. The first kappa shape index (κ1) is 21.8. The highest BCUT2D eigenvalue weighted by Gasteiger charge is 2.32. The van der Waals surface area contributed by atoms with Gasteiger partial charge in [-0.3, -0.25) is 4.79 Å². The average molecular weight is 435 g/mol. The molecule has 3 rings (SSSR count). The molecular weight excluding hydrogens is 408 g/mol. The van der Waals surface area contributed by atoms with Crippen LogP contribution in [0, 0.1) is 12.8 Å². The molecular formula is C22H27ClN2O3S. The minimum absolute atomic E-state index is 0.101. The Balaban J connectivity index is 1.55. The third kappa shape index (κ3) is 6.04. The first-order valence-electron chi connectivity index (χ1n) is 9.94. The maximum absolute atomic E-state index is 12.8. The van der Waals surface area contributed by atoms with E-state index in [0.717, 1.165) is 17.5 Å². The third-order valence-electron chi connectivity index (χ3n) is 5.30. The lowest BCUT2D eigenvalue weighted by atomic mass is 9.98. The van der Waals surface area contributed by atoms with Crippen molar-refractivity contribution in [2.24, 2.45) is 5.92 Å². The Morgan fingerprint density at radius 3 is 2.69 bits per heavy atom. The third-order valence-corrected chi connectivity index (χ3v) is 7.63. The highest BCUT2D eigenvalue weighted by atomic mass is 35.5. The molecule has 0 spiro atoms. The fourth-order valence-corrected chi connectivity index (χ4v) is 5.32. The topological polar surface area (TPSA) is 66.5 Å². The summed E-state index contributed by atoms with van der Waals surface area (Å²) < 4.78 is 27.0. The summed E-state index contributed by atoms with van der Waals surface area (Å²) in [4.78, 5) is 12.7. The molecule has 0 saturated carbocycles. The van der Waals surface area contributed by atoms with Gasteiger partial charge in [-0.2, -0.15) is 0 Å². The Morgan fingerprint density at radius 2 is 1.97 bits per heavy atom. The number of amides is 1. The Kier molecular flexibility index (Phi) is 7.33. The van der Waals surface area contributed by atoms with Crippen molar-refractivity contribution in [3.8, 4) is 0 Å².